The van der Waals surface area contributed by atoms with Crippen molar-refractivity contribution < 1.29 is 18.0 Å². The van der Waals surface area contributed by atoms with Gasteiger partial charge in [-0.1, -0.05) is 18.2 Å². The van der Waals surface area contributed by atoms with Crippen LogP contribution in [0.3, 0.4) is 0 Å². The van der Waals surface area contributed by atoms with Crippen molar-refractivity contribution in [3.05, 3.63) is 30.3 Å². The largest absolute Gasteiger partial charge is 0.326 e. The summed E-state index contributed by atoms with van der Waals surface area (Å²) < 4.78 is 27.3. The summed E-state index contributed by atoms with van der Waals surface area (Å²) in [7, 11) is -1.21. The Labute approximate surface area is 123 Å². The average Bonchev–Trinajstić information content (AvgIpc) is 2.43. The topological polar surface area (TPSA) is 86.8 Å². The van der Waals surface area contributed by atoms with Crippen LogP contribution in [0.25, 0.3) is 0 Å². The number of nitrogens with zero attached hydrogens (tertiary/aromatic N) is 2. The Bertz CT molecular complexity index is 659. The highest BCUT2D eigenvalue weighted by atomic mass is 32.2. The number of sulfonamides is 1. The summed E-state index contributed by atoms with van der Waals surface area (Å²) in [6.45, 7) is 1.54. The van der Waals surface area contributed by atoms with Crippen molar-refractivity contribution in [2.75, 3.05) is 18.8 Å². The highest BCUT2D eigenvalue weighted by Crippen LogP contribution is 2.22. The number of hydrogen-bond donors (Lipinski definition) is 1. The predicted octanol–water partition coefficient (Wildman–Crippen LogP) is 0.709. The maximum atomic E-state index is 12.5. The fourth-order valence-electron chi connectivity index (χ4n) is 2.23. The number of nitrogens with one attached hydrogen (secondary N) is 1. The molecular formula is C13H17N3O4S. The van der Waals surface area contributed by atoms with E-state index in [2.05, 4.69) is 4.72 Å². The van der Waals surface area contributed by atoms with E-state index in [9.17, 15) is 18.0 Å². The molecule has 7 nitrogen and oxygen atoms in total. The number of hydrogen-bond acceptors (Lipinski definition) is 4. The molecule has 2 rings (SSSR count). The highest BCUT2D eigenvalue weighted by molar-refractivity contribution is 7.94. The van der Waals surface area contributed by atoms with Crippen LogP contribution in [0, 0.1) is 0 Å². The SMILES string of the molecule is CC1C(S(=O)(=O)Nc2ccccc2)C(=O)N(C)C(=O)N1C. The van der Waals surface area contributed by atoms with Gasteiger partial charge in [-0.05, 0) is 19.1 Å². The van der Waals surface area contributed by atoms with Crippen molar-refractivity contribution in [2.45, 2.75) is 18.2 Å². The smallest absolute Gasteiger partial charge is 0.323 e. The Kier molecular flexibility index (Phi) is 3.91. The molecule has 0 aromatic heterocycles. The Hall–Kier alpha value is -2.09. The molecule has 0 bridgehead atoms. The zero-order valence-corrected chi connectivity index (χ0v) is 12.8. The van der Waals surface area contributed by atoms with E-state index in [1.165, 1.54) is 25.9 Å². The van der Waals surface area contributed by atoms with Gasteiger partial charge in [0, 0.05) is 19.8 Å². The van der Waals surface area contributed by atoms with Crippen molar-refractivity contribution in [3.8, 4) is 0 Å². The van der Waals surface area contributed by atoms with Crippen LogP contribution >= 0.6 is 0 Å². The molecule has 21 heavy (non-hydrogen) atoms. The normalized spacial score (nSPS) is 23.4. The van der Waals surface area contributed by atoms with E-state index in [0.717, 1.165) is 4.90 Å². The van der Waals surface area contributed by atoms with Crippen LogP contribution in [-0.2, 0) is 14.8 Å². The summed E-state index contributed by atoms with van der Waals surface area (Å²) in [5.41, 5.74) is 0.375. The number of para-hydroxylation sites is 1. The van der Waals surface area contributed by atoms with Crippen molar-refractivity contribution in [1.29, 1.82) is 0 Å². The van der Waals surface area contributed by atoms with Crippen molar-refractivity contribution in [2.24, 2.45) is 0 Å². The number of carbonyl (C=O) groups excluding carboxylic acids is 2. The molecule has 1 heterocycles. The Morgan fingerprint density at radius 1 is 1.10 bits per heavy atom. The van der Waals surface area contributed by atoms with Gasteiger partial charge in [-0.2, -0.15) is 0 Å². The summed E-state index contributed by atoms with van der Waals surface area (Å²) in [5.74, 6) is -0.728. The van der Waals surface area contributed by atoms with E-state index in [0.29, 0.717) is 5.69 Å². The number of urea groups is 1. The van der Waals surface area contributed by atoms with Gasteiger partial charge in [0.2, 0.25) is 10.0 Å². The van der Waals surface area contributed by atoms with E-state index in [4.69, 9.17) is 0 Å². The third-order valence-corrected chi connectivity index (χ3v) is 5.36. The molecule has 1 aromatic rings. The molecule has 0 saturated carbocycles. The standard InChI is InChI=1S/C13H17N3O4S/c1-9-11(12(17)16(3)13(18)15(9)2)21(19,20)14-10-7-5-4-6-8-10/h4-9,11,14H,1-3H3. The summed E-state index contributed by atoms with van der Waals surface area (Å²) in [5, 5.41) is -1.34. The van der Waals surface area contributed by atoms with Gasteiger partial charge < -0.3 is 4.90 Å². The van der Waals surface area contributed by atoms with Crippen LogP contribution in [0.5, 0.6) is 0 Å². The molecule has 8 heteroatoms. The van der Waals surface area contributed by atoms with Crippen LogP contribution in [0.4, 0.5) is 10.5 Å². The number of benzene rings is 1. The third-order valence-electron chi connectivity index (χ3n) is 3.58. The first-order valence-corrected chi connectivity index (χ1v) is 7.91. The van der Waals surface area contributed by atoms with Crippen LogP contribution < -0.4 is 4.72 Å². The Balaban J connectivity index is 2.34. The van der Waals surface area contributed by atoms with Gasteiger partial charge in [0.15, 0.2) is 5.25 Å². The van der Waals surface area contributed by atoms with Gasteiger partial charge in [-0.3, -0.25) is 14.4 Å². The first kappa shape index (κ1) is 15.3. The minimum atomic E-state index is -3.96. The van der Waals surface area contributed by atoms with Crippen LogP contribution in [0.2, 0.25) is 0 Å². The lowest BCUT2D eigenvalue weighted by Gasteiger charge is -2.39. The van der Waals surface area contributed by atoms with Crippen molar-refractivity contribution in [1.82, 2.24) is 9.80 Å². The summed E-state index contributed by atoms with van der Waals surface area (Å²) >= 11 is 0. The lowest BCUT2D eigenvalue weighted by Crippen LogP contribution is -2.63. The lowest BCUT2D eigenvalue weighted by molar-refractivity contribution is -0.130. The molecule has 1 aliphatic rings. The summed E-state index contributed by atoms with van der Waals surface area (Å²) in [6, 6.07) is 7.05. The molecule has 0 radical (unpaired) electrons. The molecule has 1 aliphatic heterocycles. The molecule has 114 valence electrons. The molecule has 1 fully saturated rings. The second kappa shape index (κ2) is 5.36. The molecule has 2 unspecified atom stereocenters. The zero-order chi connectivity index (χ0) is 15.8. The van der Waals surface area contributed by atoms with E-state index in [1.807, 2.05) is 0 Å². The van der Waals surface area contributed by atoms with Gasteiger partial charge in [0.05, 0.1) is 6.04 Å². The molecule has 1 N–H and O–H groups in total. The maximum absolute atomic E-state index is 12.5. The van der Waals surface area contributed by atoms with Gasteiger partial charge >= 0.3 is 6.03 Å². The minimum Gasteiger partial charge on any atom is -0.323 e. The van der Waals surface area contributed by atoms with E-state index in [1.54, 1.807) is 30.3 Å². The fourth-order valence-corrected chi connectivity index (χ4v) is 3.95. The van der Waals surface area contributed by atoms with E-state index < -0.39 is 33.3 Å². The fraction of sp³-hybridized carbons (Fsp3) is 0.385. The van der Waals surface area contributed by atoms with Crippen LogP contribution in [0.1, 0.15) is 6.92 Å². The minimum absolute atomic E-state index is 0.375. The number of amides is 3. The van der Waals surface area contributed by atoms with Gasteiger partial charge in [0.25, 0.3) is 5.91 Å². The number of anilines is 1. The van der Waals surface area contributed by atoms with Gasteiger partial charge in [0.1, 0.15) is 0 Å². The molecule has 3 amide bonds. The van der Waals surface area contributed by atoms with Crippen molar-refractivity contribution >= 4 is 27.6 Å². The molecule has 2 atom stereocenters. The second-order valence-corrected chi connectivity index (χ2v) is 6.77. The number of rotatable bonds is 3. The molecule has 0 aliphatic carbocycles. The first-order valence-electron chi connectivity index (χ1n) is 6.36. The second-order valence-electron chi connectivity index (χ2n) is 4.97. The quantitative estimate of drug-likeness (QED) is 0.890. The average molecular weight is 311 g/mol. The van der Waals surface area contributed by atoms with Crippen LogP contribution in [0.15, 0.2) is 30.3 Å². The van der Waals surface area contributed by atoms with Crippen LogP contribution in [-0.4, -0.2) is 55.5 Å². The van der Waals surface area contributed by atoms with Gasteiger partial charge in [-0.15, -0.1) is 0 Å². The van der Waals surface area contributed by atoms with Gasteiger partial charge in [-0.25, -0.2) is 13.2 Å². The lowest BCUT2D eigenvalue weighted by atomic mass is 10.1. The van der Waals surface area contributed by atoms with Crippen molar-refractivity contribution in [3.63, 3.8) is 0 Å². The monoisotopic (exact) mass is 311 g/mol. The Morgan fingerprint density at radius 3 is 2.24 bits per heavy atom. The Morgan fingerprint density at radius 2 is 1.67 bits per heavy atom. The number of imide groups is 1. The van der Waals surface area contributed by atoms with E-state index in [-0.39, 0.29) is 0 Å². The zero-order valence-electron chi connectivity index (χ0n) is 12.0. The predicted molar refractivity (Wildman–Crippen MR) is 78.2 cm³/mol. The highest BCUT2D eigenvalue weighted by Gasteiger charge is 2.48. The molecule has 0 spiro atoms. The first-order chi connectivity index (χ1) is 9.75. The maximum Gasteiger partial charge on any atom is 0.326 e. The molecule has 1 aromatic carbocycles. The molecule has 1 saturated heterocycles. The third kappa shape index (κ3) is 2.71. The van der Waals surface area contributed by atoms with E-state index >= 15 is 0 Å². The summed E-state index contributed by atoms with van der Waals surface area (Å²) in [4.78, 5) is 26.1. The number of carbonyl (C=O) groups is 2. The molecular weight excluding hydrogens is 294 g/mol. The summed E-state index contributed by atoms with van der Waals surface area (Å²) in [6.07, 6.45) is 0.